The second-order valence-corrected chi connectivity index (χ2v) is 4.09. The summed E-state index contributed by atoms with van der Waals surface area (Å²) in [5.74, 6) is -1.07. The average Bonchev–Trinajstić information content (AvgIpc) is 2.57. The Labute approximate surface area is 96.8 Å². The highest BCUT2D eigenvalue weighted by molar-refractivity contribution is 7.20. The molecule has 2 aromatic rings. The molecule has 1 heterocycles. The number of rotatable bonds is 2. The molecule has 0 radical (unpaired) electrons. The zero-order valence-electron chi connectivity index (χ0n) is 8.12. The molecule has 0 saturated heterocycles. The molecule has 1 aromatic heterocycles. The third-order valence-corrected chi connectivity index (χ3v) is 2.84. The van der Waals surface area contributed by atoms with Crippen LogP contribution in [-0.4, -0.2) is 17.3 Å². The van der Waals surface area contributed by atoms with Crippen LogP contribution in [0.5, 0.6) is 5.75 Å². The smallest absolute Gasteiger partial charge is 0.406 e. The number of hydrogen-bond donors (Lipinski definition) is 1. The van der Waals surface area contributed by atoms with Crippen molar-refractivity contribution in [2.45, 2.75) is 6.36 Å². The first-order chi connectivity index (χ1) is 7.85. The Balaban J connectivity index is 2.40. The number of benzene rings is 1. The van der Waals surface area contributed by atoms with Crippen molar-refractivity contribution >= 4 is 27.5 Å². The van der Waals surface area contributed by atoms with Crippen LogP contribution < -0.4 is 10.5 Å². The number of halogens is 3. The SMILES string of the molecule is NC(=O)c1nc2ccc(OC(F)(F)F)cc2s1. The van der Waals surface area contributed by atoms with Gasteiger partial charge >= 0.3 is 6.36 Å². The van der Waals surface area contributed by atoms with Crippen molar-refractivity contribution in [1.82, 2.24) is 4.98 Å². The van der Waals surface area contributed by atoms with Crippen LogP contribution in [0.15, 0.2) is 18.2 Å². The lowest BCUT2D eigenvalue weighted by molar-refractivity contribution is -0.274. The molecule has 0 fully saturated rings. The van der Waals surface area contributed by atoms with Gasteiger partial charge in [-0.1, -0.05) is 0 Å². The minimum Gasteiger partial charge on any atom is -0.406 e. The summed E-state index contributed by atoms with van der Waals surface area (Å²) in [6.45, 7) is 0. The van der Waals surface area contributed by atoms with Crippen molar-refractivity contribution < 1.29 is 22.7 Å². The fraction of sp³-hybridized carbons (Fsp3) is 0.111. The lowest BCUT2D eigenvalue weighted by Gasteiger charge is -2.07. The molecule has 2 rings (SSSR count). The predicted molar refractivity (Wildman–Crippen MR) is 54.8 cm³/mol. The van der Waals surface area contributed by atoms with E-state index < -0.39 is 12.3 Å². The van der Waals surface area contributed by atoms with Crippen LogP contribution in [0.4, 0.5) is 13.2 Å². The third-order valence-electron chi connectivity index (χ3n) is 1.80. The van der Waals surface area contributed by atoms with E-state index in [-0.39, 0.29) is 10.8 Å². The maximum atomic E-state index is 12.0. The molecule has 0 aliphatic carbocycles. The molecular formula is C9H5F3N2O2S. The summed E-state index contributed by atoms with van der Waals surface area (Å²) in [7, 11) is 0. The van der Waals surface area contributed by atoms with E-state index >= 15 is 0 Å². The Morgan fingerprint density at radius 2 is 2.12 bits per heavy atom. The lowest BCUT2D eigenvalue weighted by atomic mass is 10.3. The number of nitrogens with two attached hydrogens (primary N) is 1. The minimum atomic E-state index is -4.75. The van der Waals surface area contributed by atoms with Gasteiger partial charge in [0.2, 0.25) is 0 Å². The summed E-state index contributed by atoms with van der Waals surface area (Å²) in [5.41, 5.74) is 5.42. The first-order valence-electron chi connectivity index (χ1n) is 4.31. The molecule has 0 unspecified atom stereocenters. The van der Waals surface area contributed by atoms with Gasteiger partial charge in [-0.15, -0.1) is 24.5 Å². The second-order valence-electron chi connectivity index (χ2n) is 3.06. The summed E-state index contributed by atoms with van der Waals surface area (Å²) < 4.78 is 40.0. The molecule has 2 N–H and O–H groups in total. The number of alkyl halides is 3. The minimum absolute atomic E-state index is 0.0455. The molecule has 0 saturated carbocycles. The Morgan fingerprint density at radius 1 is 1.41 bits per heavy atom. The van der Waals surface area contributed by atoms with E-state index in [1.54, 1.807) is 0 Å². The quantitative estimate of drug-likeness (QED) is 0.903. The molecule has 0 bridgehead atoms. The first kappa shape index (κ1) is 11.6. The van der Waals surface area contributed by atoms with Crippen LogP contribution in [0.3, 0.4) is 0 Å². The van der Waals surface area contributed by atoms with Crippen LogP contribution in [0, 0.1) is 0 Å². The monoisotopic (exact) mass is 262 g/mol. The Kier molecular flexibility index (Phi) is 2.66. The van der Waals surface area contributed by atoms with E-state index in [4.69, 9.17) is 5.73 Å². The highest BCUT2D eigenvalue weighted by atomic mass is 32.1. The third kappa shape index (κ3) is 2.64. The van der Waals surface area contributed by atoms with E-state index in [1.807, 2.05) is 0 Å². The maximum absolute atomic E-state index is 12.0. The molecule has 17 heavy (non-hydrogen) atoms. The van der Waals surface area contributed by atoms with Gasteiger partial charge < -0.3 is 10.5 Å². The van der Waals surface area contributed by atoms with Gasteiger partial charge in [-0.05, 0) is 18.2 Å². The van der Waals surface area contributed by atoms with Crippen molar-refractivity contribution in [2.24, 2.45) is 5.73 Å². The van der Waals surface area contributed by atoms with Crippen molar-refractivity contribution in [1.29, 1.82) is 0 Å². The van der Waals surface area contributed by atoms with Gasteiger partial charge in [0, 0.05) is 0 Å². The molecule has 0 spiro atoms. The number of ether oxygens (including phenoxy) is 1. The Hall–Kier alpha value is -1.83. The van der Waals surface area contributed by atoms with Crippen LogP contribution in [0.2, 0.25) is 0 Å². The first-order valence-corrected chi connectivity index (χ1v) is 5.13. The number of amides is 1. The van der Waals surface area contributed by atoms with Gasteiger partial charge in [0.15, 0.2) is 5.01 Å². The van der Waals surface area contributed by atoms with Gasteiger partial charge in [-0.25, -0.2) is 4.98 Å². The normalized spacial score (nSPS) is 11.7. The van der Waals surface area contributed by atoms with Crippen molar-refractivity contribution in [2.75, 3.05) is 0 Å². The van der Waals surface area contributed by atoms with Crippen LogP contribution in [-0.2, 0) is 0 Å². The molecule has 1 aromatic carbocycles. The lowest BCUT2D eigenvalue weighted by Crippen LogP contribution is -2.16. The van der Waals surface area contributed by atoms with Crippen molar-refractivity contribution in [3.05, 3.63) is 23.2 Å². The van der Waals surface area contributed by atoms with E-state index in [0.717, 1.165) is 23.5 Å². The van der Waals surface area contributed by atoms with E-state index in [1.165, 1.54) is 6.07 Å². The number of carbonyl (C=O) groups is 1. The standard InChI is InChI=1S/C9H5F3N2O2S/c10-9(11,12)16-4-1-2-5-6(3-4)17-8(14-5)7(13)15/h1-3H,(H2,13,15). The van der Waals surface area contributed by atoms with Gasteiger partial charge in [0.1, 0.15) is 5.75 Å². The molecule has 4 nitrogen and oxygen atoms in total. The van der Waals surface area contributed by atoms with Crippen LogP contribution >= 0.6 is 11.3 Å². The van der Waals surface area contributed by atoms with Crippen LogP contribution in [0.1, 0.15) is 9.80 Å². The largest absolute Gasteiger partial charge is 0.573 e. The van der Waals surface area contributed by atoms with Crippen molar-refractivity contribution in [3.8, 4) is 5.75 Å². The highest BCUT2D eigenvalue weighted by Gasteiger charge is 2.31. The van der Waals surface area contributed by atoms with E-state index in [2.05, 4.69) is 9.72 Å². The van der Waals surface area contributed by atoms with Gasteiger partial charge in [0.05, 0.1) is 10.2 Å². The molecular weight excluding hydrogens is 257 g/mol. The Bertz CT molecular complexity index is 579. The van der Waals surface area contributed by atoms with Crippen molar-refractivity contribution in [3.63, 3.8) is 0 Å². The zero-order chi connectivity index (χ0) is 12.6. The number of carbonyl (C=O) groups excluding carboxylic acids is 1. The second kappa shape index (κ2) is 3.88. The topological polar surface area (TPSA) is 65.2 Å². The fourth-order valence-electron chi connectivity index (χ4n) is 1.21. The molecule has 90 valence electrons. The number of thiazole rings is 1. The molecule has 0 aliphatic heterocycles. The predicted octanol–water partition coefficient (Wildman–Crippen LogP) is 2.29. The molecule has 1 amide bonds. The average molecular weight is 262 g/mol. The summed E-state index contributed by atoms with van der Waals surface area (Å²) in [6, 6.07) is 3.62. The summed E-state index contributed by atoms with van der Waals surface area (Å²) in [6.07, 6.45) is -4.75. The highest BCUT2D eigenvalue weighted by Crippen LogP contribution is 2.29. The molecule has 0 aliphatic rings. The molecule has 0 atom stereocenters. The van der Waals surface area contributed by atoms with Gasteiger partial charge in [-0.2, -0.15) is 0 Å². The number of hydrogen-bond acceptors (Lipinski definition) is 4. The Morgan fingerprint density at radius 3 is 2.71 bits per heavy atom. The van der Waals surface area contributed by atoms with Crippen LogP contribution in [0.25, 0.3) is 10.2 Å². The zero-order valence-corrected chi connectivity index (χ0v) is 8.93. The van der Waals surface area contributed by atoms with E-state index in [0.29, 0.717) is 10.2 Å². The molecule has 8 heteroatoms. The number of primary amides is 1. The van der Waals surface area contributed by atoms with Gasteiger partial charge in [-0.3, -0.25) is 4.79 Å². The van der Waals surface area contributed by atoms with Gasteiger partial charge in [0.25, 0.3) is 5.91 Å². The number of aromatic nitrogens is 1. The summed E-state index contributed by atoms with van der Waals surface area (Å²) >= 11 is 0.913. The summed E-state index contributed by atoms with van der Waals surface area (Å²) in [4.78, 5) is 14.7. The summed E-state index contributed by atoms with van der Waals surface area (Å²) in [5, 5.41) is 0.0455. The number of nitrogens with zero attached hydrogens (tertiary/aromatic N) is 1. The fourth-order valence-corrected chi connectivity index (χ4v) is 2.05. The van der Waals surface area contributed by atoms with E-state index in [9.17, 15) is 18.0 Å². The number of fused-ring (bicyclic) bond motifs is 1. The maximum Gasteiger partial charge on any atom is 0.573 e.